The summed E-state index contributed by atoms with van der Waals surface area (Å²) >= 11 is 1.62. The maximum absolute atomic E-state index is 11.2. The van der Waals surface area contributed by atoms with E-state index in [-0.39, 0.29) is 0 Å². The van der Waals surface area contributed by atoms with E-state index in [4.69, 9.17) is 0 Å². The zero-order chi connectivity index (χ0) is 13.9. The van der Waals surface area contributed by atoms with Crippen LogP contribution in [-0.2, 0) is 0 Å². The molecule has 20 heavy (non-hydrogen) atoms. The summed E-state index contributed by atoms with van der Waals surface area (Å²) in [7, 11) is 0. The molecule has 1 aliphatic rings. The first-order chi connectivity index (χ1) is 9.75. The lowest BCUT2D eigenvalue weighted by Gasteiger charge is -2.36. The van der Waals surface area contributed by atoms with Crippen molar-refractivity contribution in [2.45, 2.75) is 0 Å². The van der Waals surface area contributed by atoms with Crippen LogP contribution in [0.25, 0.3) is 0 Å². The first-order valence-electron chi connectivity index (χ1n) is 6.32. The Bertz CT molecular complexity index is 594. The van der Waals surface area contributed by atoms with Crippen molar-refractivity contribution in [3.05, 3.63) is 35.6 Å². The highest BCUT2D eigenvalue weighted by molar-refractivity contribution is 7.13. The minimum absolute atomic E-state index is 0.308. The lowest BCUT2D eigenvalue weighted by Crippen LogP contribution is -2.47. The third kappa shape index (κ3) is 2.44. The maximum atomic E-state index is 11.2. The molecule has 1 fully saturated rings. The lowest BCUT2D eigenvalue weighted by molar-refractivity contribution is 0.0697. The molecule has 0 bridgehead atoms. The van der Waals surface area contributed by atoms with E-state index in [1.54, 1.807) is 29.8 Å². The van der Waals surface area contributed by atoms with E-state index >= 15 is 0 Å². The van der Waals surface area contributed by atoms with Gasteiger partial charge < -0.3 is 14.9 Å². The maximum Gasteiger partial charge on any atom is 0.337 e. The van der Waals surface area contributed by atoms with Crippen LogP contribution in [0.5, 0.6) is 0 Å². The van der Waals surface area contributed by atoms with Crippen molar-refractivity contribution >= 4 is 28.1 Å². The molecular formula is C13H14N4O2S. The fourth-order valence-electron chi connectivity index (χ4n) is 2.33. The molecule has 0 atom stereocenters. The van der Waals surface area contributed by atoms with Gasteiger partial charge in [-0.1, -0.05) is 0 Å². The number of carboxylic acids is 1. The number of rotatable bonds is 3. The Hall–Kier alpha value is -2.15. The Morgan fingerprint density at radius 3 is 2.60 bits per heavy atom. The van der Waals surface area contributed by atoms with Crippen LogP contribution in [0.3, 0.4) is 0 Å². The first-order valence-corrected chi connectivity index (χ1v) is 7.20. The molecule has 1 N–H and O–H groups in total. The molecule has 0 unspecified atom stereocenters. The predicted molar refractivity (Wildman–Crippen MR) is 77.7 cm³/mol. The number of hydrogen-bond acceptors (Lipinski definition) is 6. The van der Waals surface area contributed by atoms with E-state index in [2.05, 4.69) is 19.8 Å². The quantitative estimate of drug-likeness (QED) is 0.925. The van der Waals surface area contributed by atoms with E-state index in [0.29, 0.717) is 11.3 Å². The summed E-state index contributed by atoms with van der Waals surface area (Å²) in [6.07, 6.45) is 4.94. The number of carboxylic acid groups (broad SMARTS) is 1. The fraction of sp³-hybridized carbons (Fsp3) is 0.308. The van der Waals surface area contributed by atoms with Crippen molar-refractivity contribution in [2.24, 2.45) is 0 Å². The smallest absolute Gasteiger partial charge is 0.337 e. The van der Waals surface area contributed by atoms with Crippen LogP contribution in [0.15, 0.2) is 30.0 Å². The number of carbonyl (C=O) groups is 1. The first kappa shape index (κ1) is 12.9. The Morgan fingerprint density at radius 1 is 1.20 bits per heavy atom. The molecule has 3 heterocycles. The Balaban J connectivity index is 1.74. The highest BCUT2D eigenvalue weighted by atomic mass is 32.1. The van der Waals surface area contributed by atoms with Gasteiger partial charge in [-0.25, -0.2) is 9.78 Å². The molecule has 0 saturated carbocycles. The lowest BCUT2D eigenvalue weighted by atomic mass is 10.2. The van der Waals surface area contributed by atoms with Crippen molar-refractivity contribution in [2.75, 3.05) is 36.0 Å². The predicted octanol–water partition coefficient (Wildman–Crippen LogP) is 1.56. The van der Waals surface area contributed by atoms with Gasteiger partial charge in [0.05, 0.1) is 17.4 Å². The number of pyridine rings is 1. The number of thiazole rings is 1. The molecule has 0 aliphatic carbocycles. The van der Waals surface area contributed by atoms with E-state index in [1.807, 2.05) is 5.38 Å². The van der Waals surface area contributed by atoms with Crippen LogP contribution in [0, 0.1) is 0 Å². The zero-order valence-electron chi connectivity index (χ0n) is 10.8. The van der Waals surface area contributed by atoms with Gasteiger partial charge >= 0.3 is 5.97 Å². The highest BCUT2D eigenvalue weighted by Crippen LogP contribution is 2.24. The monoisotopic (exact) mass is 290 g/mol. The summed E-state index contributed by atoms with van der Waals surface area (Å²) in [4.78, 5) is 23.9. The molecule has 1 saturated heterocycles. The van der Waals surface area contributed by atoms with E-state index in [1.165, 1.54) is 6.20 Å². The summed E-state index contributed by atoms with van der Waals surface area (Å²) < 4.78 is 0. The minimum atomic E-state index is -0.912. The third-order valence-electron chi connectivity index (χ3n) is 3.34. The van der Waals surface area contributed by atoms with Crippen molar-refractivity contribution in [1.82, 2.24) is 9.97 Å². The van der Waals surface area contributed by atoms with Crippen molar-refractivity contribution in [3.63, 3.8) is 0 Å². The van der Waals surface area contributed by atoms with E-state index < -0.39 is 5.97 Å². The van der Waals surface area contributed by atoms with Gasteiger partial charge in [0.2, 0.25) is 0 Å². The number of piperazine rings is 1. The highest BCUT2D eigenvalue weighted by Gasteiger charge is 2.22. The third-order valence-corrected chi connectivity index (χ3v) is 4.17. The number of anilines is 2. The van der Waals surface area contributed by atoms with Crippen LogP contribution < -0.4 is 9.80 Å². The molecule has 0 aromatic carbocycles. The van der Waals surface area contributed by atoms with Gasteiger partial charge in [0.25, 0.3) is 0 Å². The van der Waals surface area contributed by atoms with Crippen LogP contribution in [0.4, 0.5) is 10.8 Å². The Morgan fingerprint density at radius 2 is 1.95 bits per heavy atom. The zero-order valence-corrected chi connectivity index (χ0v) is 11.6. The van der Waals surface area contributed by atoms with Crippen LogP contribution in [0.2, 0.25) is 0 Å². The molecule has 1 aliphatic heterocycles. The van der Waals surface area contributed by atoms with Gasteiger partial charge in [-0.15, -0.1) is 11.3 Å². The van der Waals surface area contributed by atoms with Gasteiger partial charge in [0.15, 0.2) is 5.13 Å². The van der Waals surface area contributed by atoms with Crippen molar-refractivity contribution in [3.8, 4) is 0 Å². The summed E-state index contributed by atoms with van der Waals surface area (Å²) in [6, 6.07) is 1.55. The van der Waals surface area contributed by atoms with Gasteiger partial charge in [0, 0.05) is 44.0 Å². The number of nitrogens with zero attached hydrogens (tertiary/aromatic N) is 4. The number of aromatic carboxylic acids is 1. The second-order valence-electron chi connectivity index (χ2n) is 4.49. The topological polar surface area (TPSA) is 69.6 Å². The average molecular weight is 290 g/mol. The van der Waals surface area contributed by atoms with E-state index in [0.717, 1.165) is 31.3 Å². The Kier molecular flexibility index (Phi) is 3.51. The molecule has 2 aromatic rings. The second kappa shape index (κ2) is 5.46. The molecule has 0 spiro atoms. The number of aromatic nitrogens is 2. The average Bonchev–Trinajstić information content (AvgIpc) is 3.02. The van der Waals surface area contributed by atoms with Crippen LogP contribution >= 0.6 is 11.3 Å². The summed E-state index contributed by atoms with van der Waals surface area (Å²) in [5, 5.41) is 12.2. The van der Waals surface area contributed by atoms with Gasteiger partial charge in [-0.3, -0.25) is 4.98 Å². The second-order valence-corrected chi connectivity index (χ2v) is 5.36. The molecular weight excluding hydrogens is 276 g/mol. The summed E-state index contributed by atoms with van der Waals surface area (Å²) in [5.74, 6) is -0.912. The molecule has 0 radical (unpaired) electrons. The fourth-order valence-corrected chi connectivity index (χ4v) is 3.03. The molecule has 7 heteroatoms. The summed E-state index contributed by atoms with van der Waals surface area (Å²) in [5.41, 5.74) is 1.00. The normalized spacial score (nSPS) is 15.4. The standard InChI is InChI=1S/C13H14N4O2S/c18-12(19)10-1-2-14-9-11(10)16-4-6-17(7-5-16)13-15-3-8-20-13/h1-3,8-9H,4-7H2,(H,18,19). The van der Waals surface area contributed by atoms with Gasteiger partial charge in [-0.2, -0.15) is 0 Å². The van der Waals surface area contributed by atoms with Gasteiger partial charge in [-0.05, 0) is 6.07 Å². The van der Waals surface area contributed by atoms with E-state index in [9.17, 15) is 9.90 Å². The SMILES string of the molecule is O=C(O)c1ccncc1N1CCN(c2nccs2)CC1. The minimum Gasteiger partial charge on any atom is -0.478 e. The molecule has 0 amide bonds. The largest absolute Gasteiger partial charge is 0.478 e. The molecule has 6 nitrogen and oxygen atoms in total. The number of hydrogen-bond donors (Lipinski definition) is 1. The van der Waals surface area contributed by atoms with Gasteiger partial charge in [0.1, 0.15) is 0 Å². The molecule has 3 rings (SSSR count). The molecule has 104 valence electrons. The molecule has 2 aromatic heterocycles. The Labute approximate surface area is 120 Å². The van der Waals surface area contributed by atoms with Crippen molar-refractivity contribution < 1.29 is 9.90 Å². The van der Waals surface area contributed by atoms with Crippen LogP contribution in [-0.4, -0.2) is 47.2 Å². The summed E-state index contributed by atoms with van der Waals surface area (Å²) in [6.45, 7) is 3.21. The van der Waals surface area contributed by atoms with Crippen LogP contribution in [0.1, 0.15) is 10.4 Å². The van der Waals surface area contributed by atoms with Crippen molar-refractivity contribution in [1.29, 1.82) is 0 Å².